The van der Waals surface area contributed by atoms with Gasteiger partial charge < -0.3 is 19.7 Å². The van der Waals surface area contributed by atoms with E-state index in [0.29, 0.717) is 23.7 Å². The maximum atomic E-state index is 14.6. The highest BCUT2D eigenvalue weighted by atomic mass is 32.2. The summed E-state index contributed by atoms with van der Waals surface area (Å²) in [4.78, 5) is 29.9. The van der Waals surface area contributed by atoms with Crippen LogP contribution in [0.4, 0.5) is 10.1 Å². The largest absolute Gasteiger partial charge is 0.486 e. The molecule has 4 aromatic rings. The molecule has 0 aliphatic carbocycles. The van der Waals surface area contributed by atoms with Gasteiger partial charge in [-0.05, 0) is 68.3 Å². The van der Waals surface area contributed by atoms with Crippen LogP contribution < -0.4 is 19.1 Å². The number of nitrogens with one attached hydrogen (secondary N) is 1. The summed E-state index contributed by atoms with van der Waals surface area (Å²) in [5.74, 6) is -0.675. The minimum Gasteiger partial charge on any atom is -0.486 e. The molecule has 1 atom stereocenters. The predicted octanol–water partition coefficient (Wildman–Crippen LogP) is 5.35. The minimum atomic E-state index is -4.28. The molecule has 1 heterocycles. The van der Waals surface area contributed by atoms with Crippen LogP contribution in [0.1, 0.15) is 31.9 Å². The Hall–Kier alpha value is -4.90. The smallest absolute Gasteiger partial charge is 0.264 e. The van der Waals surface area contributed by atoms with E-state index in [1.54, 1.807) is 30.3 Å². The zero-order chi connectivity index (χ0) is 33.6. The Morgan fingerprint density at radius 2 is 1.45 bits per heavy atom. The second-order valence-electron chi connectivity index (χ2n) is 12.2. The van der Waals surface area contributed by atoms with Crippen molar-refractivity contribution in [3.8, 4) is 11.5 Å². The fourth-order valence-corrected chi connectivity index (χ4v) is 6.66. The van der Waals surface area contributed by atoms with Gasteiger partial charge in [0, 0.05) is 24.6 Å². The van der Waals surface area contributed by atoms with Gasteiger partial charge in [0.1, 0.15) is 31.6 Å². The van der Waals surface area contributed by atoms with Gasteiger partial charge in [0.25, 0.3) is 10.0 Å². The Bertz CT molecular complexity index is 1800. The van der Waals surface area contributed by atoms with E-state index >= 15 is 0 Å². The highest BCUT2D eigenvalue weighted by molar-refractivity contribution is 7.92. The fraction of sp³-hybridized carbons (Fsp3) is 0.278. The topological polar surface area (TPSA) is 105 Å². The number of carbonyl (C=O) groups is 2. The lowest BCUT2D eigenvalue weighted by Gasteiger charge is -2.35. The van der Waals surface area contributed by atoms with Crippen LogP contribution in [0.3, 0.4) is 0 Å². The Labute approximate surface area is 275 Å². The van der Waals surface area contributed by atoms with E-state index in [2.05, 4.69) is 5.32 Å². The molecule has 1 N–H and O–H groups in total. The molecule has 1 unspecified atom stereocenters. The number of nitrogens with zero attached hydrogens (tertiary/aromatic N) is 2. The van der Waals surface area contributed by atoms with Gasteiger partial charge in [-0.25, -0.2) is 12.8 Å². The first-order valence-corrected chi connectivity index (χ1v) is 16.7. The molecule has 246 valence electrons. The van der Waals surface area contributed by atoms with E-state index < -0.39 is 45.8 Å². The van der Waals surface area contributed by atoms with E-state index in [1.807, 2.05) is 51.1 Å². The molecule has 11 heteroatoms. The summed E-state index contributed by atoms with van der Waals surface area (Å²) in [6.07, 6.45) is 0.158. The first-order chi connectivity index (χ1) is 22.4. The van der Waals surface area contributed by atoms with Crippen molar-refractivity contribution in [2.45, 2.75) is 50.2 Å². The maximum Gasteiger partial charge on any atom is 0.264 e. The second-order valence-corrected chi connectivity index (χ2v) is 14.1. The second kappa shape index (κ2) is 14.3. The van der Waals surface area contributed by atoms with Gasteiger partial charge in [-0.3, -0.25) is 13.9 Å². The number of hydrogen-bond donors (Lipinski definition) is 1. The molecule has 0 saturated heterocycles. The van der Waals surface area contributed by atoms with Gasteiger partial charge >= 0.3 is 0 Å². The molecule has 0 bridgehead atoms. The molecule has 4 aromatic carbocycles. The predicted molar refractivity (Wildman–Crippen MR) is 177 cm³/mol. The SMILES string of the molecule is CC(C)(C)NC(=O)C(Cc1ccccc1)N(Cc1ccc(F)cc1)C(=O)CN(c1ccc2c(c1)OCCO2)S(=O)(=O)c1ccccc1. The van der Waals surface area contributed by atoms with Crippen molar-refractivity contribution in [3.63, 3.8) is 0 Å². The van der Waals surface area contributed by atoms with Crippen LogP contribution in [0.2, 0.25) is 0 Å². The zero-order valence-corrected chi connectivity index (χ0v) is 27.4. The highest BCUT2D eigenvalue weighted by Gasteiger charge is 2.36. The van der Waals surface area contributed by atoms with Gasteiger partial charge in [0.05, 0.1) is 10.6 Å². The Balaban J connectivity index is 1.59. The van der Waals surface area contributed by atoms with Crippen molar-refractivity contribution in [1.82, 2.24) is 10.2 Å². The Morgan fingerprint density at radius 1 is 0.830 bits per heavy atom. The fourth-order valence-electron chi connectivity index (χ4n) is 5.23. The Morgan fingerprint density at radius 3 is 2.09 bits per heavy atom. The van der Waals surface area contributed by atoms with Gasteiger partial charge in [-0.1, -0.05) is 60.7 Å². The van der Waals surface area contributed by atoms with Gasteiger partial charge in [0.2, 0.25) is 11.8 Å². The van der Waals surface area contributed by atoms with Crippen molar-refractivity contribution >= 4 is 27.5 Å². The number of halogens is 1. The monoisotopic (exact) mass is 659 g/mol. The van der Waals surface area contributed by atoms with Crippen molar-refractivity contribution in [2.24, 2.45) is 0 Å². The average molecular weight is 660 g/mol. The van der Waals surface area contributed by atoms with Crippen LogP contribution in [0, 0.1) is 5.82 Å². The van der Waals surface area contributed by atoms with E-state index in [4.69, 9.17) is 9.47 Å². The number of anilines is 1. The summed E-state index contributed by atoms with van der Waals surface area (Å²) in [6.45, 7) is 5.46. The van der Waals surface area contributed by atoms with Crippen LogP contribution >= 0.6 is 0 Å². The quantitative estimate of drug-likeness (QED) is 0.233. The molecule has 1 aliphatic rings. The third kappa shape index (κ3) is 8.48. The van der Waals surface area contributed by atoms with Crippen molar-refractivity contribution < 1.29 is 31.9 Å². The molecule has 0 aromatic heterocycles. The molecule has 0 fully saturated rings. The lowest BCUT2D eigenvalue weighted by Crippen LogP contribution is -2.56. The van der Waals surface area contributed by atoms with Crippen LogP contribution in [0.25, 0.3) is 0 Å². The summed E-state index contributed by atoms with van der Waals surface area (Å²) < 4.78 is 54.7. The normalized spacial score (nSPS) is 13.4. The van der Waals surface area contributed by atoms with Crippen LogP contribution in [0.15, 0.2) is 108 Å². The number of benzene rings is 4. The standard InChI is InChI=1S/C36H38FN3O6S/c1-36(2,3)38-35(42)31(22-26-10-6-4-7-11-26)39(24-27-14-16-28(37)17-15-27)34(41)25-40(47(43,44)30-12-8-5-9-13-30)29-18-19-32-33(23-29)46-21-20-45-32/h4-19,23,31H,20-22,24-25H2,1-3H3,(H,38,42). The number of rotatable bonds is 11. The summed E-state index contributed by atoms with van der Waals surface area (Å²) in [6, 6.07) is 26.4. The Kier molecular flexibility index (Phi) is 10.1. The summed E-state index contributed by atoms with van der Waals surface area (Å²) >= 11 is 0. The minimum absolute atomic E-state index is 0.0147. The number of amides is 2. The third-order valence-corrected chi connectivity index (χ3v) is 9.25. The number of sulfonamides is 1. The summed E-state index contributed by atoms with van der Waals surface area (Å²) in [5, 5.41) is 2.99. The molecule has 0 saturated carbocycles. The molecular weight excluding hydrogens is 621 g/mol. The van der Waals surface area contributed by atoms with Gasteiger partial charge in [0.15, 0.2) is 11.5 Å². The average Bonchev–Trinajstić information content (AvgIpc) is 3.05. The molecule has 5 rings (SSSR count). The first kappa shape index (κ1) is 33.5. The molecule has 2 amide bonds. The zero-order valence-electron chi connectivity index (χ0n) is 26.6. The number of hydrogen-bond acceptors (Lipinski definition) is 6. The molecular formula is C36H38FN3O6S. The summed E-state index contributed by atoms with van der Waals surface area (Å²) in [7, 11) is -4.28. The van der Waals surface area contributed by atoms with Crippen LogP contribution in [-0.4, -0.2) is 56.5 Å². The van der Waals surface area contributed by atoms with E-state index in [1.165, 1.54) is 47.4 Å². The number of carbonyl (C=O) groups excluding carboxylic acids is 2. The number of ether oxygens (including phenoxy) is 2. The van der Waals surface area contributed by atoms with Crippen molar-refractivity contribution in [1.29, 1.82) is 0 Å². The lowest BCUT2D eigenvalue weighted by molar-refractivity contribution is -0.140. The van der Waals surface area contributed by atoms with E-state index in [0.717, 1.165) is 9.87 Å². The van der Waals surface area contributed by atoms with Crippen molar-refractivity contribution in [3.05, 3.63) is 120 Å². The lowest BCUT2D eigenvalue weighted by atomic mass is 10.0. The van der Waals surface area contributed by atoms with Crippen LogP contribution in [-0.2, 0) is 32.6 Å². The third-order valence-electron chi connectivity index (χ3n) is 7.46. The number of fused-ring (bicyclic) bond motifs is 1. The molecule has 1 aliphatic heterocycles. The molecule has 0 spiro atoms. The van der Waals surface area contributed by atoms with Crippen molar-refractivity contribution in [2.75, 3.05) is 24.1 Å². The van der Waals surface area contributed by atoms with Crippen LogP contribution in [0.5, 0.6) is 11.5 Å². The van der Waals surface area contributed by atoms with E-state index in [9.17, 15) is 22.4 Å². The summed E-state index contributed by atoms with van der Waals surface area (Å²) in [5.41, 5.74) is 0.939. The van der Waals surface area contributed by atoms with Gasteiger partial charge in [-0.2, -0.15) is 0 Å². The molecule has 47 heavy (non-hydrogen) atoms. The van der Waals surface area contributed by atoms with Gasteiger partial charge in [-0.15, -0.1) is 0 Å². The van der Waals surface area contributed by atoms with E-state index in [-0.39, 0.29) is 30.2 Å². The molecule has 0 radical (unpaired) electrons. The highest BCUT2D eigenvalue weighted by Crippen LogP contribution is 2.36. The maximum absolute atomic E-state index is 14.6. The molecule has 9 nitrogen and oxygen atoms in total. The first-order valence-electron chi connectivity index (χ1n) is 15.3.